The average molecular weight is 341 g/mol. The van der Waals surface area contributed by atoms with Crippen molar-refractivity contribution in [2.75, 3.05) is 5.75 Å². The number of hydrogen-bond acceptors (Lipinski definition) is 2. The Morgan fingerprint density at radius 2 is 1.05 bits per heavy atom. The van der Waals surface area contributed by atoms with E-state index in [-0.39, 0.29) is 29.6 Å². The van der Waals surface area contributed by atoms with Crippen LogP contribution in [0, 0.1) is 0 Å². The Bertz CT molecular complexity index is 213. The van der Waals surface area contributed by atoms with E-state index >= 15 is 0 Å². The zero-order chi connectivity index (χ0) is 14.9. The number of thioether (sulfide) groups is 1. The van der Waals surface area contributed by atoms with Gasteiger partial charge in [0.2, 0.25) is 0 Å². The summed E-state index contributed by atoms with van der Waals surface area (Å²) in [6, 6.07) is 0. The second-order valence-corrected chi connectivity index (χ2v) is 7.60. The molecule has 1 radical (unpaired) electrons. The third kappa shape index (κ3) is 23.6. The minimum atomic E-state index is 0. The summed E-state index contributed by atoms with van der Waals surface area (Å²) in [5, 5.41) is 0. The van der Waals surface area contributed by atoms with Crippen molar-refractivity contribution in [1.82, 2.24) is 0 Å². The van der Waals surface area contributed by atoms with Crippen molar-refractivity contribution >= 4 is 57.9 Å². The van der Waals surface area contributed by atoms with Gasteiger partial charge in [-0.05, 0) is 6.42 Å². The predicted molar refractivity (Wildman–Crippen MR) is 105 cm³/mol. The number of unbranched alkanes of at least 4 members (excludes halogenated alkanes) is 13. The molecule has 0 atom stereocenters. The van der Waals surface area contributed by atoms with Gasteiger partial charge in [-0.1, -0.05) is 114 Å². The Morgan fingerprint density at radius 3 is 1.38 bits per heavy atom. The van der Waals surface area contributed by atoms with Crippen LogP contribution in [0.5, 0.6) is 0 Å². The number of nitrogens with two attached hydrogens (primary N) is 1. The fourth-order valence-corrected chi connectivity index (χ4v) is 3.27. The van der Waals surface area contributed by atoms with Gasteiger partial charge in [0.15, 0.2) is 0 Å². The van der Waals surface area contributed by atoms with Gasteiger partial charge in [0, 0.05) is 35.3 Å². The van der Waals surface area contributed by atoms with Crippen molar-refractivity contribution < 1.29 is 0 Å². The van der Waals surface area contributed by atoms with Crippen molar-refractivity contribution in [3.05, 3.63) is 0 Å². The van der Waals surface area contributed by atoms with E-state index in [1.807, 2.05) is 0 Å². The van der Waals surface area contributed by atoms with E-state index in [9.17, 15) is 0 Å². The van der Waals surface area contributed by atoms with Crippen LogP contribution < -0.4 is 5.73 Å². The maximum absolute atomic E-state index is 5.44. The standard InChI is InChI=1S/C17H35NS2.Na/c1-2-3-4-5-6-7-8-9-10-11-12-13-14-15-16-20-17(18)19;/h2-16H2,1H3,(H2,18,19);. The van der Waals surface area contributed by atoms with Crippen molar-refractivity contribution in [2.24, 2.45) is 5.73 Å². The van der Waals surface area contributed by atoms with Crippen molar-refractivity contribution in [2.45, 2.75) is 96.8 Å². The van der Waals surface area contributed by atoms with Crippen molar-refractivity contribution in [1.29, 1.82) is 0 Å². The van der Waals surface area contributed by atoms with E-state index < -0.39 is 0 Å². The first-order valence-electron chi connectivity index (χ1n) is 8.69. The summed E-state index contributed by atoms with van der Waals surface area (Å²) in [5.41, 5.74) is 5.44. The zero-order valence-electron chi connectivity index (χ0n) is 14.5. The third-order valence-electron chi connectivity index (χ3n) is 3.74. The maximum atomic E-state index is 5.44. The van der Waals surface area contributed by atoms with Crippen molar-refractivity contribution in [3.63, 3.8) is 0 Å². The van der Waals surface area contributed by atoms with Gasteiger partial charge >= 0.3 is 0 Å². The van der Waals surface area contributed by atoms with Gasteiger partial charge in [-0.15, -0.1) is 0 Å². The summed E-state index contributed by atoms with van der Waals surface area (Å²) in [6.07, 6.45) is 19.8. The van der Waals surface area contributed by atoms with Crippen LogP contribution in [-0.4, -0.2) is 39.6 Å². The summed E-state index contributed by atoms with van der Waals surface area (Å²) >= 11 is 6.46. The molecule has 0 spiro atoms. The SMILES string of the molecule is CCCCCCCCCCCCCCCCSC(N)=S.[Na]. The van der Waals surface area contributed by atoms with Crippen LogP contribution in [0.4, 0.5) is 0 Å². The predicted octanol–water partition coefficient (Wildman–Crippen LogP) is 6.06. The van der Waals surface area contributed by atoms with Gasteiger partial charge < -0.3 is 5.73 Å². The summed E-state index contributed by atoms with van der Waals surface area (Å²) in [4.78, 5) is 0. The molecule has 1 nitrogen and oxygen atoms in total. The minimum Gasteiger partial charge on any atom is -0.385 e. The summed E-state index contributed by atoms with van der Waals surface area (Å²) < 4.78 is 0.597. The van der Waals surface area contributed by atoms with Crippen LogP contribution in [0.3, 0.4) is 0 Å². The van der Waals surface area contributed by atoms with Gasteiger partial charge in [-0.25, -0.2) is 0 Å². The molecular weight excluding hydrogens is 305 g/mol. The molecule has 0 heterocycles. The molecule has 0 aliphatic heterocycles. The smallest absolute Gasteiger partial charge is 0.131 e. The Balaban J connectivity index is 0. The largest absolute Gasteiger partial charge is 0.385 e. The van der Waals surface area contributed by atoms with Crippen LogP contribution >= 0.6 is 24.0 Å². The van der Waals surface area contributed by atoms with E-state index in [0.29, 0.717) is 4.32 Å². The Kier molecular flexibility index (Phi) is 24.8. The fourth-order valence-electron chi connectivity index (χ4n) is 2.47. The molecule has 0 aliphatic carbocycles. The quantitative estimate of drug-likeness (QED) is 0.223. The van der Waals surface area contributed by atoms with Gasteiger partial charge in [-0.3, -0.25) is 0 Å². The molecule has 4 heteroatoms. The van der Waals surface area contributed by atoms with Crippen LogP contribution in [0.1, 0.15) is 96.8 Å². The van der Waals surface area contributed by atoms with Crippen LogP contribution in [0.25, 0.3) is 0 Å². The molecule has 0 rings (SSSR count). The van der Waals surface area contributed by atoms with E-state index in [1.165, 1.54) is 89.9 Å². The topological polar surface area (TPSA) is 26.0 Å². The Morgan fingerprint density at radius 1 is 0.714 bits per heavy atom. The molecule has 0 bridgehead atoms. The molecule has 0 saturated carbocycles. The molecule has 121 valence electrons. The van der Waals surface area contributed by atoms with E-state index in [0.717, 1.165) is 5.75 Å². The molecule has 0 fully saturated rings. The molecule has 0 aromatic rings. The number of thiocarbonyl (C=S) groups is 1. The van der Waals surface area contributed by atoms with Crippen molar-refractivity contribution in [3.8, 4) is 0 Å². The van der Waals surface area contributed by atoms with Crippen LogP contribution in [-0.2, 0) is 0 Å². The van der Waals surface area contributed by atoms with Gasteiger partial charge in [0.05, 0.1) is 0 Å². The third-order valence-corrected chi connectivity index (χ3v) is 4.87. The molecule has 0 aliphatic rings. The minimum absolute atomic E-state index is 0. The molecular formula is C17H35NNaS2. The van der Waals surface area contributed by atoms with Crippen LogP contribution in [0.15, 0.2) is 0 Å². The van der Waals surface area contributed by atoms with Gasteiger partial charge in [0.1, 0.15) is 4.32 Å². The summed E-state index contributed by atoms with van der Waals surface area (Å²) in [5.74, 6) is 1.10. The first kappa shape index (κ1) is 24.5. The molecule has 21 heavy (non-hydrogen) atoms. The van der Waals surface area contributed by atoms with Gasteiger partial charge in [0.25, 0.3) is 0 Å². The first-order chi connectivity index (χ1) is 9.77. The molecule has 0 aromatic heterocycles. The summed E-state index contributed by atoms with van der Waals surface area (Å²) in [6.45, 7) is 2.28. The Hall–Kier alpha value is 1.24. The maximum Gasteiger partial charge on any atom is 0.131 e. The monoisotopic (exact) mass is 340 g/mol. The number of hydrogen-bond donors (Lipinski definition) is 1. The number of rotatable bonds is 15. The Labute approximate surface area is 165 Å². The summed E-state index contributed by atoms with van der Waals surface area (Å²) in [7, 11) is 0. The second-order valence-electron chi connectivity index (χ2n) is 5.76. The molecule has 0 unspecified atom stereocenters. The zero-order valence-corrected chi connectivity index (χ0v) is 18.1. The van der Waals surface area contributed by atoms with E-state index in [2.05, 4.69) is 6.92 Å². The fraction of sp³-hybridized carbons (Fsp3) is 0.941. The normalized spacial score (nSPS) is 10.3. The first-order valence-corrected chi connectivity index (χ1v) is 10.1. The van der Waals surface area contributed by atoms with Gasteiger partial charge in [-0.2, -0.15) is 0 Å². The molecule has 0 aromatic carbocycles. The average Bonchev–Trinajstić information content (AvgIpc) is 2.43. The van der Waals surface area contributed by atoms with E-state index in [1.54, 1.807) is 11.8 Å². The molecule has 0 amide bonds. The van der Waals surface area contributed by atoms with Crippen LogP contribution in [0.2, 0.25) is 0 Å². The molecule has 0 saturated heterocycles. The van der Waals surface area contributed by atoms with E-state index in [4.69, 9.17) is 18.0 Å². The molecule has 2 N–H and O–H groups in total. The second kappa shape index (κ2) is 21.2.